The summed E-state index contributed by atoms with van der Waals surface area (Å²) in [6.07, 6.45) is 3.75. The van der Waals surface area contributed by atoms with Crippen molar-refractivity contribution in [1.29, 1.82) is 0 Å². The molecule has 0 aliphatic carbocycles. The van der Waals surface area contributed by atoms with E-state index in [0.29, 0.717) is 4.99 Å². The molecule has 2 aromatic carbocycles. The van der Waals surface area contributed by atoms with E-state index in [9.17, 15) is 0 Å². The summed E-state index contributed by atoms with van der Waals surface area (Å²) in [5, 5.41) is 2.19. The van der Waals surface area contributed by atoms with Crippen LogP contribution in [0.1, 0.15) is 11.4 Å². The fourth-order valence-electron chi connectivity index (χ4n) is 2.34. The number of nitrogens with two attached hydrogens (primary N) is 1. The van der Waals surface area contributed by atoms with Gasteiger partial charge in [0, 0.05) is 23.3 Å². The van der Waals surface area contributed by atoms with E-state index in [-0.39, 0.29) is 0 Å². The molecular weight excluding hydrogens is 254 g/mol. The van der Waals surface area contributed by atoms with Crippen molar-refractivity contribution in [3.63, 3.8) is 0 Å². The van der Waals surface area contributed by atoms with Crippen molar-refractivity contribution in [2.75, 3.05) is 0 Å². The van der Waals surface area contributed by atoms with Gasteiger partial charge < -0.3 is 10.3 Å². The van der Waals surface area contributed by atoms with Crippen molar-refractivity contribution >= 4 is 28.0 Å². The van der Waals surface area contributed by atoms with Gasteiger partial charge in [-0.05, 0) is 24.4 Å². The summed E-state index contributed by atoms with van der Waals surface area (Å²) in [6, 6.07) is 12.1. The summed E-state index contributed by atoms with van der Waals surface area (Å²) in [4.78, 5) is 4.69. The van der Waals surface area contributed by atoms with E-state index in [4.69, 9.17) is 18.0 Å². The Morgan fingerprint density at radius 3 is 2.53 bits per heavy atom. The maximum Gasteiger partial charge on any atom is 0.110 e. The quantitative estimate of drug-likeness (QED) is 0.726. The zero-order chi connectivity index (χ0) is 13.4. The van der Waals surface area contributed by atoms with Gasteiger partial charge in [0.2, 0.25) is 0 Å². The highest BCUT2D eigenvalue weighted by atomic mass is 32.1. The molecule has 0 amide bonds. The first-order chi connectivity index (χ1) is 9.18. The maximum absolute atomic E-state index is 5.79. The lowest BCUT2D eigenvalue weighted by atomic mass is 10.0. The van der Waals surface area contributed by atoms with Crippen LogP contribution in [-0.4, -0.2) is 14.5 Å². The highest BCUT2D eigenvalue weighted by molar-refractivity contribution is 7.80. The van der Waals surface area contributed by atoms with Crippen molar-refractivity contribution in [2.45, 2.75) is 6.92 Å². The minimum Gasteiger partial charge on any atom is -0.389 e. The van der Waals surface area contributed by atoms with E-state index < -0.39 is 0 Å². The van der Waals surface area contributed by atoms with E-state index in [1.807, 2.05) is 43.5 Å². The van der Waals surface area contributed by atoms with Gasteiger partial charge in [-0.2, -0.15) is 0 Å². The van der Waals surface area contributed by atoms with E-state index in [0.717, 1.165) is 27.8 Å². The fraction of sp³-hybridized carbons (Fsp3) is 0.0667. The van der Waals surface area contributed by atoms with Gasteiger partial charge in [0.25, 0.3) is 0 Å². The molecule has 0 fully saturated rings. The van der Waals surface area contributed by atoms with Crippen LogP contribution >= 0.6 is 12.2 Å². The predicted molar refractivity (Wildman–Crippen MR) is 81.7 cm³/mol. The van der Waals surface area contributed by atoms with Crippen LogP contribution in [0.15, 0.2) is 48.8 Å². The normalized spacial score (nSPS) is 10.8. The Bertz CT molecular complexity index is 774. The zero-order valence-electron chi connectivity index (χ0n) is 10.5. The van der Waals surface area contributed by atoms with E-state index >= 15 is 0 Å². The molecule has 19 heavy (non-hydrogen) atoms. The van der Waals surface area contributed by atoms with E-state index in [1.165, 1.54) is 0 Å². The van der Waals surface area contributed by atoms with Gasteiger partial charge in [0.05, 0.1) is 5.69 Å². The molecule has 0 radical (unpaired) electrons. The monoisotopic (exact) mass is 267 g/mol. The SMILES string of the molecule is Cc1nccn1-c1ccc(C(N)=S)c2ccccc12. The Morgan fingerprint density at radius 1 is 1.16 bits per heavy atom. The van der Waals surface area contributed by atoms with E-state index in [2.05, 4.69) is 15.6 Å². The van der Waals surface area contributed by atoms with Crippen molar-refractivity contribution in [3.05, 3.63) is 60.2 Å². The van der Waals surface area contributed by atoms with Gasteiger partial charge in [-0.25, -0.2) is 4.98 Å². The number of benzene rings is 2. The third-order valence-corrected chi connectivity index (χ3v) is 3.47. The number of hydrogen-bond donors (Lipinski definition) is 1. The molecule has 0 saturated heterocycles. The van der Waals surface area contributed by atoms with Gasteiger partial charge in [-0.3, -0.25) is 0 Å². The van der Waals surface area contributed by atoms with Crippen molar-refractivity contribution in [1.82, 2.24) is 9.55 Å². The lowest BCUT2D eigenvalue weighted by Crippen LogP contribution is -2.10. The molecule has 3 rings (SSSR count). The molecule has 2 N–H and O–H groups in total. The first-order valence-corrected chi connectivity index (χ1v) is 6.41. The highest BCUT2D eigenvalue weighted by Crippen LogP contribution is 2.26. The molecule has 0 spiro atoms. The van der Waals surface area contributed by atoms with Crippen LogP contribution in [-0.2, 0) is 0 Å². The average molecular weight is 267 g/mol. The average Bonchev–Trinajstić information content (AvgIpc) is 2.83. The third kappa shape index (κ3) is 1.90. The Kier molecular flexibility index (Phi) is 2.80. The second-order valence-corrected chi connectivity index (χ2v) is 4.83. The highest BCUT2D eigenvalue weighted by Gasteiger charge is 2.09. The zero-order valence-corrected chi connectivity index (χ0v) is 11.3. The van der Waals surface area contributed by atoms with Crippen LogP contribution in [0.3, 0.4) is 0 Å². The topological polar surface area (TPSA) is 43.8 Å². The number of hydrogen-bond acceptors (Lipinski definition) is 2. The van der Waals surface area contributed by atoms with Crippen molar-refractivity contribution in [2.24, 2.45) is 5.73 Å². The van der Waals surface area contributed by atoms with Gasteiger partial charge in [-0.1, -0.05) is 36.5 Å². The minimum atomic E-state index is 0.421. The number of nitrogens with zero attached hydrogens (tertiary/aromatic N) is 2. The molecule has 1 aromatic heterocycles. The van der Waals surface area contributed by atoms with Crippen LogP contribution in [0, 0.1) is 6.92 Å². The molecule has 1 heterocycles. The first-order valence-electron chi connectivity index (χ1n) is 6.00. The molecule has 3 nitrogen and oxygen atoms in total. The first kappa shape index (κ1) is 11.9. The van der Waals surface area contributed by atoms with Gasteiger partial charge in [0.15, 0.2) is 0 Å². The summed E-state index contributed by atoms with van der Waals surface area (Å²) in [5.41, 5.74) is 7.79. The van der Waals surface area contributed by atoms with Crippen LogP contribution in [0.5, 0.6) is 0 Å². The molecular formula is C15H13N3S. The molecule has 0 unspecified atom stereocenters. The molecule has 0 aliphatic rings. The Labute approximate surface area is 116 Å². The number of fused-ring (bicyclic) bond motifs is 1. The largest absolute Gasteiger partial charge is 0.389 e. The van der Waals surface area contributed by atoms with Crippen molar-refractivity contribution < 1.29 is 0 Å². The Balaban J connectivity index is 2.38. The minimum absolute atomic E-state index is 0.421. The molecule has 3 aromatic rings. The third-order valence-electron chi connectivity index (χ3n) is 3.25. The second-order valence-electron chi connectivity index (χ2n) is 4.39. The fourth-order valence-corrected chi connectivity index (χ4v) is 2.52. The lowest BCUT2D eigenvalue weighted by Gasteiger charge is -2.12. The van der Waals surface area contributed by atoms with Crippen LogP contribution < -0.4 is 5.73 Å². The summed E-state index contributed by atoms with van der Waals surface area (Å²) < 4.78 is 2.06. The predicted octanol–water partition coefficient (Wildman–Crippen LogP) is 2.97. The number of aryl methyl sites for hydroxylation is 1. The summed E-state index contributed by atoms with van der Waals surface area (Å²) >= 11 is 5.12. The molecule has 0 atom stereocenters. The van der Waals surface area contributed by atoms with E-state index in [1.54, 1.807) is 6.20 Å². The van der Waals surface area contributed by atoms with Gasteiger partial charge in [0.1, 0.15) is 10.8 Å². The second kappa shape index (κ2) is 4.48. The van der Waals surface area contributed by atoms with Crippen molar-refractivity contribution in [3.8, 4) is 5.69 Å². The molecule has 4 heteroatoms. The molecule has 94 valence electrons. The number of rotatable bonds is 2. The molecule has 0 aliphatic heterocycles. The standard InChI is InChI=1S/C15H13N3S/c1-10-17-8-9-18(10)14-7-6-13(15(16)19)11-4-2-3-5-12(11)14/h2-9H,1H3,(H2,16,19). The Morgan fingerprint density at radius 2 is 1.89 bits per heavy atom. The Hall–Kier alpha value is -2.20. The molecule has 0 bridgehead atoms. The smallest absolute Gasteiger partial charge is 0.110 e. The van der Waals surface area contributed by atoms with Crippen LogP contribution in [0.25, 0.3) is 16.5 Å². The summed E-state index contributed by atoms with van der Waals surface area (Å²) in [5.74, 6) is 0.952. The summed E-state index contributed by atoms with van der Waals surface area (Å²) in [7, 11) is 0. The number of imidazole rings is 1. The molecule has 0 saturated carbocycles. The maximum atomic E-state index is 5.79. The summed E-state index contributed by atoms with van der Waals surface area (Å²) in [6.45, 7) is 1.98. The van der Waals surface area contributed by atoms with Crippen LogP contribution in [0.2, 0.25) is 0 Å². The lowest BCUT2D eigenvalue weighted by molar-refractivity contribution is 0.983. The number of thiocarbonyl (C=S) groups is 1. The van der Waals surface area contributed by atoms with Crippen LogP contribution in [0.4, 0.5) is 0 Å². The van der Waals surface area contributed by atoms with Gasteiger partial charge >= 0.3 is 0 Å². The van der Waals surface area contributed by atoms with Gasteiger partial charge in [-0.15, -0.1) is 0 Å². The number of aromatic nitrogens is 2.